The van der Waals surface area contributed by atoms with Gasteiger partial charge in [-0.1, -0.05) is 19.3 Å². The molecule has 0 radical (unpaired) electrons. The lowest BCUT2D eigenvalue weighted by molar-refractivity contribution is 0.295. The van der Waals surface area contributed by atoms with Crippen molar-refractivity contribution in [3.8, 4) is 6.01 Å². The van der Waals surface area contributed by atoms with E-state index in [1.165, 1.54) is 56.2 Å². The van der Waals surface area contributed by atoms with Crippen LogP contribution in [0.4, 0.5) is 0 Å². The van der Waals surface area contributed by atoms with Crippen molar-refractivity contribution in [2.45, 2.75) is 56.3 Å². The highest BCUT2D eigenvalue weighted by Crippen LogP contribution is 2.47. The van der Waals surface area contributed by atoms with Crippen molar-refractivity contribution in [3.63, 3.8) is 0 Å². The number of hydrogen-bond donors (Lipinski definition) is 1. The van der Waals surface area contributed by atoms with Gasteiger partial charge >= 0.3 is 6.01 Å². The SMILES string of the molecule is COc1ncc(C2(CN)CCCCC2)c(C2CC2)n1. The van der Waals surface area contributed by atoms with Gasteiger partial charge in [-0.25, -0.2) is 4.98 Å². The van der Waals surface area contributed by atoms with Gasteiger partial charge in [-0.05, 0) is 31.2 Å². The van der Waals surface area contributed by atoms with Crippen LogP contribution in [-0.2, 0) is 5.41 Å². The highest BCUT2D eigenvalue weighted by atomic mass is 16.5. The van der Waals surface area contributed by atoms with Crippen molar-refractivity contribution in [3.05, 3.63) is 17.5 Å². The first kappa shape index (κ1) is 12.9. The fourth-order valence-corrected chi connectivity index (χ4v) is 3.36. The Balaban J connectivity index is 2.02. The lowest BCUT2D eigenvalue weighted by Crippen LogP contribution is -2.38. The summed E-state index contributed by atoms with van der Waals surface area (Å²) in [7, 11) is 1.63. The molecule has 1 aromatic heterocycles. The number of nitrogens with two attached hydrogens (primary N) is 1. The Kier molecular flexibility index (Phi) is 3.44. The predicted octanol–water partition coefficient (Wildman–Crippen LogP) is 2.52. The van der Waals surface area contributed by atoms with Crippen molar-refractivity contribution in [2.75, 3.05) is 13.7 Å². The Morgan fingerprint density at radius 3 is 2.63 bits per heavy atom. The summed E-state index contributed by atoms with van der Waals surface area (Å²) in [5, 5.41) is 0. The molecule has 104 valence electrons. The van der Waals surface area contributed by atoms with E-state index in [4.69, 9.17) is 10.5 Å². The molecule has 0 bridgehead atoms. The minimum absolute atomic E-state index is 0.114. The van der Waals surface area contributed by atoms with Gasteiger partial charge in [0.2, 0.25) is 0 Å². The molecule has 0 aromatic carbocycles. The van der Waals surface area contributed by atoms with Gasteiger partial charge in [-0.2, -0.15) is 4.98 Å². The van der Waals surface area contributed by atoms with E-state index in [9.17, 15) is 0 Å². The van der Waals surface area contributed by atoms with Gasteiger partial charge in [0.1, 0.15) is 0 Å². The third-order valence-electron chi connectivity index (χ3n) is 4.72. The van der Waals surface area contributed by atoms with Crippen LogP contribution >= 0.6 is 0 Å². The van der Waals surface area contributed by atoms with Crippen LogP contribution in [0, 0.1) is 0 Å². The maximum Gasteiger partial charge on any atom is 0.316 e. The molecule has 0 aliphatic heterocycles. The maximum absolute atomic E-state index is 6.14. The standard InChI is InChI=1S/C15H23N3O/c1-19-14-17-9-12(13(18-14)11-5-6-11)15(10-16)7-3-2-4-8-15/h9,11H,2-8,10,16H2,1H3. The molecule has 3 rings (SSSR count). The molecule has 1 aromatic rings. The third kappa shape index (κ3) is 2.34. The molecule has 2 N–H and O–H groups in total. The molecule has 0 spiro atoms. The first-order valence-electron chi connectivity index (χ1n) is 7.40. The monoisotopic (exact) mass is 261 g/mol. The second-order valence-corrected chi connectivity index (χ2v) is 5.98. The molecule has 19 heavy (non-hydrogen) atoms. The molecule has 2 aliphatic carbocycles. The maximum atomic E-state index is 6.14. The first-order chi connectivity index (χ1) is 9.29. The Hall–Kier alpha value is -1.16. The minimum Gasteiger partial charge on any atom is -0.467 e. The summed E-state index contributed by atoms with van der Waals surface area (Å²) < 4.78 is 5.19. The van der Waals surface area contributed by atoms with E-state index in [-0.39, 0.29) is 5.41 Å². The summed E-state index contributed by atoms with van der Waals surface area (Å²) >= 11 is 0. The zero-order valence-electron chi connectivity index (χ0n) is 11.7. The minimum atomic E-state index is 0.114. The van der Waals surface area contributed by atoms with E-state index in [0.29, 0.717) is 18.5 Å². The van der Waals surface area contributed by atoms with Gasteiger partial charge in [-0.15, -0.1) is 0 Å². The third-order valence-corrected chi connectivity index (χ3v) is 4.72. The second-order valence-electron chi connectivity index (χ2n) is 5.98. The average Bonchev–Trinajstić information content (AvgIpc) is 3.32. The Morgan fingerprint density at radius 1 is 1.32 bits per heavy atom. The number of hydrogen-bond acceptors (Lipinski definition) is 4. The number of nitrogens with zero attached hydrogens (tertiary/aromatic N) is 2. The van der Waals surface area contributed by atoms with Crippen LogP contribution < -0.4 is 10.5 Å². The Bertz CT molecular complexity index is 451. The molecule has 4 nitrogen and oxygen atoms in total. The molecule has 0 amide bonds. The molecule has 2 saturated carbocycles. The van der Waals surface area contributed by atoms with Gasteiger partial charge < -0.3 is 10.5 Å². The van der Waals surface area contributed by atoms with Crippen LogP contribution in [0.2, 0.25) is 0 Å². The van der Waals surface area contributed by atoms with E-state index in [1.54, 1.807) is 7.11 Å². The lowest BCUT2D eigenvalue weighted by Gasteiger charge is -2.37. The fourth-order valence-electron chi connectivity index (χ4n) is 3.36. The van der Waals surface area contributed by atoms with Crippen molar-refractivity contribution >= 4 is 0 Å². The number of ether oxygens (including phenoxy) is 1. The molecule has 1 heterocycles. The molecular formula is C15H23N3O. The van der Waals surface area contributed by atoms with E-state index in [1.807, 2.05) is 6.20 Å². The summed E-state index contributed by atoms with van der Waals surface area (Å²) in [4.78, 5) is 8.98. The van der Waals surface area contributed by atoms with E-state index in [2.05, 4.69) is 9.97 Å². The van der Waals surface area contributed by atoms with Crippen molar-refractivity contribution in [2.24, 2.45) is 5.73 Å². The van der Waals surface area contributed by atoms with Gasteiger partial charge in [0.15, 0.2) is 0 Å². The Morgan fingerprint density at radius 2 is 2.05 bits per heavy atom. The topological polar surface area (TPSA) is 61.0 Å². The summed E-state index contributed by atoms with van der Waals surface area (Å²) in [6.45, 7) is 0.711. The molecule has 0 unspecified atom stereocenters. The fraction of sp³-hybridized carbons (Fsp3) is 0.733. The van der Waals surface area contributed by atoms with Gasteiger partial charge in [0, 0.05) is 24.1 Å². The number of methoxy groups -OCH3 is 1. The largest absolute Gasteiger partial charge is 0.467 e. The normalized spacial score (nSPS) is 22.2. The predicted molar refractivity (Wildman–Crippen MR) is 74.4 cm³/mol. The molecule has 2 aliphatic rings. The first-order valence-corrected chi connectivity index (χ1v) is 7.40. The summed E-state index contributed by atoms with van der Waals surface area (Å²) in [5.41, 5.74) is 8.77. The highest BCUT2D eigenvalue weighted by molar-refractivity contribution is 5.34. The van der Waals surface area contributed by atoms with E-state index >= 15 is 0 Å². The highest BCUT2D eigenvalue weighted by Gasteiger charge is 2.39. The molecule has 2 fully saturated rings. The van der Waals surface area contributed by atoms with Crippen molar-refractivity contribution in [1.82, 2.24) is 9.97 Å². The molecule has 4 heteroatoms. The van der Waals surface area contributed by atoms with E-state index < -0.39 is 0 Å². The van der Waals surface area contributed by atoms with Crippen LogP contribution in [0.5, 0.6) is 6.01 Å². The summed E-state index contributed by atoms with van der Waals surface area (Å²) in [5.74, 6) is 0.609. The van der Waals surface area contributed by atoms with Crippen LogP contribution in [0.25, 0.3) is 0 Å². The molecular weight excluding hydrogens is 238 g/mol. The molecule has 0 saturated heterocycles. The second kappa shape index (κ2) is 5.08. The van der Waals surface area contributed by atoms with Crippen LogP contribution in [-0.4, -0.2) is 23.6 Å². The van der Waals surface area contributed by atoms with E-state index in [0.717, 1.165) is 0 Å². The summed E-state index contributed by atoms with van der Waals surface area (Å²) in [6, 6.07) is 0.494. The summed E-state index contributed by atoms with van der Waals surface area (Å²) in [6.07, 6.45) is 10.7. The molecule has 0 atom stereocenters. The van der Waals surface area contributed by atoms with Gasteiger partial charge in [0.25, 0.3) is 0 Å². The smallest absolute Gasteiger partial charge is 0.316 e. The Labute approximate surface area is 114 Å². The lowest BCUT2D eigenvalue weighted by atomic mass is 9.69. The van der Waals surface area contributed by atoms with Crippen molar-refractivity contribution in [1.29, 1.82) is 0 Å². The average molecular weight is 261 g/mol. The zero-order chi connectivity index (χ0) is 13.3. The zero-order valence-corrected chi connectivity index (χ0v) is 11.7. The number of rotatable bonds is 4. The van der Waals surface area contributed by atoms with Crippen molar-refractivity contribution < 1.29 is 4.74 Å². The van der Waals surface area contributed by atoms with Gasteiger partial charge in [0.05, 0.1) is 12.8 Å². The van der Waals surface area contributed by atoms with Gasteiger partial charge in [-0.3, -0.25) is 0 Å². The van der Waals surface area contributed by atoms with Crippen LogP contribution in [0.1, 0.15) is 62.1 Å². The number of aromatic nitrogens is 2. The van der Waals surface area contributed by atoms with Crippen LogP contribution in [0.15, 0.2) is 6.20 Å². The van der Waals surface area contributed by atoms with Crippen LogP contribution in [0.3, 0.4) is 0 Å². The quantitative estimate of drug-likeness (QED) is 0.904.